The van der Waals surface area contributed by atoms with Crippen molar-refractivity contribution in [2.75, 3.05) is 44.9 Å². The van der Waals surface area contributed by atoms with Crippen molar-refractivity contribution in [2.45, 2.75) is 31.9 Å². The van der Waals surface area contributed by atoms with E-state index in [9.17, 15) is 24.5 Å². The van der Waals surface area contributed by atoms with Crippen LogP contribution in [0.4, 0.5) is 21.8 Å². The number of nitrogen functional groups attached to an aromatic ring is 1. The molecular weight excluding hydrogens is 805 g/mol. The lowest BCUT2D eigenvalue weighted by molar-refractivity contribution is 0.0219. The summed E-state index contributed by atoms with van der Waals surface area (Å²) in [5.41, 5.74) is 10.1. The average molecular weight is 856 g/mol. The van der Waals surface area contributed by atoms with Crippen molar-refractivity contribution in [3.63, 3.8) is 0 Å². The number of fused-ring (bicyclic) bond motifs is 5. The number of phenols is 1. The topological polar surface area (TPSA) is 225 Å². The third-order valence-corrected chi connectivity index (χ3v) is 10.7. The number of phenolic OH excluding ortho intramolecular Hbond substituents is 1. The first kappa shape index (κ1) is 42.2. The molecule has 2 atom stereocenters. The number of ether oxygens (including phenoxy) is 2. The molecule has 1 fully saturated rings. The predicted octanol–water partition coefficient (Wildman–Crippen LogP) is 5.05. The van der Waals surface area contributed by atoms with Gasteiger partial charge in [-0.2, -0.15) is 4.98 Å². The summed E-state index contributed by atoms with van der Waals surface area (Å²) in [4.78, 5) is 33.1. The Bertz CT molecular complexity index is 2860. The fourth-order valence-electron chi connectivity index (χ4n) is 7.77. The number of carbonyl (C=O) groups excluding carboxylic acids is 1. The number of hydrogen-bond acceptors (Lipinski definition) is 13. The maximum absolute atomic E-state index is 13.9. The lowest BCUT2D eigenvalue weighted by Crippen LogP contribution is -2.42. The number of carbonyl (C=O) groups is 1. The van der Waals surface area contributed by atoms with Gasteiger partial charge in [0, 0.05) is 62.6 Å². The zero-order valence-corrected chi connectivity index (χ0v) is 34.4. The molecule has 5 heterocycles. The monoisotopic (exact) mass is 855 g/mol. The minimum atomic E-state index is -0.908. The molecule has 1 amide bonds. The standard InChI is InChI=1S/C23H27FN4O4.C19H15N5O2.C2H2.ClH.2H2/c1-23(2,30)15-10-25-11-17(15)27-21-13-8-19(31-3)20(32-4)9-16(13)26-22(28-21)14-7-12(24)5-6-18(14)29;20-19-23-16(18(26)24-19)10-5-6-21-17(25)13-8-15-12(7-11(10)13)9-3-1-2-4-14(9)22-15;1-2;;;/h5-9,15,17,25,29-30H,10-11H2,1-4H3,(H,26,27,28);1-4,7-8,26H,5-6H2,(H,21,25)(H3,20,23,24);1-2H;3*1H/t15-,17?;;;;;/m1...../s1/i;;1T;;;. The molecule has 3 aliphatic rings. The number of para-hydroxylation sites is 1. The van der Waals surface area contributed by atoms with Crippen LogP contribution in [0.2, 0.25) is 0 Å². The maximum atomic E-state index is 13.9. The summed E-state index contributed by atoms with van der Waals surface area (Å²) in [7, 11) is 3.07. The molecule has 3 aliphatic heterocycles. The van der Waals surface area contributed by atoms with Crippen LogP contribution in [0.5, 0.6) is 23.1 Å². The van der Waals surface area contributed by atoms with E-state index >= 15 is 0 Å². The van der Waals surface area contributed by atoms with E-state index in [1.165, 1.54) is 31.7 Å². The molecular formula is C44H49ClFN9O6. The Hall–Kier alpha value is -6.93. The minimum absolute atomic E-state index is 0. The summed E-state index contributed by atoms with van der Waals surface area (Å²) in [5, 5.41) is 42.9. The number of rotatable bonds is 7. The molecule has 6 aromatic rings. The van der Waals surface area contributed by atoms with Crippen LogP contribution in [0.3, 0.4) is 0 Å². The Morgan fingerprint density at radius 2 is 1.72 bits per heavy atom. The highest BCUT2D eigenvalue weighted by atomic mass is 35.5. The number of halogens is 2. The number of anilines is 2. The van der Waals surface area contributed by atoms with Gasteiger partial charge in [0.2, 0.25) is 11.8 Å². The SMILES string of the molecule is COc1cc2nc(-c3cc(F)ccc3O)nc(NC3CNC[C@H]3C(C)(C)O)c2cc1OC.Cl.Nc1nc(O)c(C2=c3cc4c(cc3C(=O)NCC2)=Nc2ccccc2-4)[nH]1.[3H]C#C.[HH].[HH]. The normalized spacial score (nSPS) is 16.2. The van der Waals surface area contributed by atoms with Crippen molar-refractivity contribution in [1.29, 1.82) is 0 Å². The van der Waals surface area contributed by atoms with E-state index in [1.807, 2.05) is 36.4 Å². The van der Waals surface area contributed by atoms with E-state index in [2.05, 4.69) is 47.3 Å². The number of aromatic amines is 1. The Morgan fingerprint density at radius 3 is 2.43 bits per heavy atom. The second kappa shape index (κ2) is 17.7. The summed E-state index contributed by atoms with van der Waals surface area (Å²) in [6.07, 6.45) is 6.31. The Labute approximate surface area is 360 Å². The summed E-state index contributed by atoms with van der Waals surface area (Å²) in [5.74, 6) is 0.745. The lowest BCUT2D eigenvalue weighted by Gasteiger charge is -2.31. The van der Waals surface area contributed by atoms with Crippen LogP contribution in [0.15, 0.2) is 71.7 Å². The smallest absolute Gasteiger partial charge is 0.251 e. The van der Waals surface area contributed by atoms with Crippen molar-refractivity contribution >= 4 is 52.2 Å². The average Bonchev–Trinajstić information content (AvgIpc) is 3.93. The van der Waals surface area contributed by atoms with E-state index in [0.717, 1.165) is 33.0 Å². The number of aromatic hydroxyl groups is 2. The third kappa shape index (κ3) is 8.57. The van der Waals surface area contributed by atoms with Crippen molar-refractivity contribution in [1.82, 2.24) is 30.6 Å². The fourth-order valence-corrected chi connectivity index (χ4v) is 7.77. The molecule has 1 saturated heterocycles. The number of H-pyrrole nitrogens is 1. The number of benzene rings is 4. The van der Waals surface area contributed by atoms with E-state index in [4.69, 9.17) is 16.6 Å². The lowest BCUT2D eigenvalue weighted by atomic mass is 9.87. The van der Waals surface area contributed by atoms with E-state index in [-0.39, 0.29) is 62.1 Å². The van der Waals surface area contributed by atoms with Gasteiger partial charge >= 0.3 is 0 Å². The highest BCUT2D eigenvalue weighted by molar-refractivity contribution is 5.98. The van der Waals surface area contributed by atoms with Gasteiger partial charge in [-0.15, -0.1) is 25.2 Å². The van der Waals surface area contributed by atoms with Crippen LogP contribution in [0.25, 0.3) is 39.0 Å². The highest BCUT2D eigenvalue weighted by Crippen LogP contribution is 2.38. The van der Waals surface area contributed by atoms with Crippen LogP contribution in [-0.2, 0) is 0 Å². The molecule has 320 valence electrons. The molecule has 61 heavy (non-hydrogen) atoms. The molecule has 9 rings (SSSR count). The van der Waals surface area contributed by atoms with Crippen molar-refractivity contribution in [2.24, 2.45) is 10.9 Å². The van der Waals surface area contributed by atoms with Gasteiger partial charge in [-0.3, -0.25) is 4.79 Å². The summed E-state index contributed by atoms with van der Waals surface area (Å²) in [6.45, 7) is 5.30. The Kier molecular flexibility index (Phi) is 12.3. The molecule has 0 spiro atoms. The van der Waals surface area contributed by atoms with Gasteiger partial charge in [0.15, 0.2) is 17.3 Å². The Balaban J connectivity index is 0.000000257. The molecule has 0 aliphatic carbocycles. The van der Waals surface area contributed by atoms with Gasteiger partial charge in [-0.05, 0) is 73.5 Å². The van der Waals surface area contributed by atoms with Crippen LogP contribution in [-0.4, -0.2) is 86.7 Å². The number of terminal acetylenes is 1. The molecule has 0 bridgehead atoms. The first-order valence-electron chi connectivity index (χ1n) is 19.4. The number of amides is 1. The summed E-state index contributed by atoms with van der Waals surface area (Å²) in [6, 6.07) is 18.6. The van der Waals surface area contributed by atoms with Gasteiger partial charge in [0.05, 0.1) is 41.9 Å². The summed E-state index contributed by atoms with van der Waals surface area (Å²) >= 11 is 0. The first-order chi connectivity index (χ1) is 29.2. The Morgan fingerprint density at radius 1 is 0.984 bits per heavy atom. The number of imidazole rings is 1. The van der Waals surface area contributed by atoms with E-state index in [0.29, 0.717) is 65.5 Å². The molecule has 15 nitrogen and oxygen atoms in total. The van der Waals surface area contributed by atoms with Crippen LogP contribution in [0, 0.1) is 24.6 Å². The quantitative estimate of drug-likeness (QED) is 0.0987. The van der Waals surface area contributed by atoms with Gasteiger partial charge < -0.3 is 51.5 Å². The number of aromatic nitrogens is 4. The largest absolute Gasteiger partial charge is 0.507 e. The molecule has 0 saturated carbocycles. The summed E-state index contributed by atoms with van der Waals surface area (Å²) < 4.78 is 30.5. The minimum Gasteiger partial charge on any atom is -0.507 e. The number of hydrogen-bond donors (Lipinski definition) is 8. The third-order valence-electron chi connectivity index (χ3n) is 10.7. The van der Waals surface area contributed by atoms with Gasteiger partial charge in [0.25, 0.3) is 5.91 Å². The van der Waals surface area contributed by atoms with E-state index in [1.54, 1.807) is 33.1 Å². The predicted molar refractivity (Wildman–Crippen MR) is 238 cm³/mol. The van der Waals surface area contributed by atoms with Crippen molar-refractivity contribution in [3.8, 4) is 58.5 Å². The number of nitrogens with one attached hydrogen (secondary N) is 4. The second-order valence-corrected chi connectivity index (χ2v) is 14.8. The van der Waals surface area contributed by atoms with Crippen LogP contribution < -0.4 is 41.7 Å². The van der Waals surface area contributed by atoms with Crippen LogP contribution >= 0.6 is 12.4 Å². The number of nitrogens with two attached hydrogens (primary N) is 1. The van der Waals surface area contributed by atoms with Crippen molar-refractivity contribution in [3.05, 3.63) is 94.4 Å². The number of aliphatic hydroxyl groups is 1. The van der Waals surface area contributed by atoms with Gasteiger partial charge in [-0.1, -0.05) is 18.2 Å². The van der Waals surface area contributed by atoms with E-state index < -0.39 is 11.4 Å². The van der Waals surface area contributed by atoms with Crippen molar-refractivity contribution < 1.29 is 38.2 Å². The highest BCUT2D eigenvalue weighted by Gasteiger charge is 2.38. The molecule has 1 unspecified atom stereocenters. The van der Waals surface area contributed by atoms with Crippen LogP contribution in [0.1, 0.15) is 40.5 Å². The molecule has 17 heteroatoms. The van der Waals surface area contributed by atoms with Gasteiger partial charge in [0.1, 0.15) is 24.4 Å². The first-order valence-corrected chi connectivity index (χ1v) is 18.9. The zero-order chi connectivity index (χ0) is 43.6. The number of nitrogens with zero attached hydrogens (tertiary/aromatic N) is 4. The zero-order valence-electron chi connectivity index (χ0n) is 34.6. The van der Waals surface area contributed by atoms with Gasteiger partial charge in [-0.25, -0.2) is 19.4 Å². The molecule has 0 radical (unpaired) electrons. The molecule has 9 N–H and O–H groups in total. The number of methoxy groups -OCH3 is 2. The molecule has 2 aromatic heterocycles. The maximum Gasteiger partial charge on any atom is 0.251 e. The molecule has 4 aromatic carbocycles. The second-order valence-electron chi connectivity index (χ2n) is 14.8. The fraction of sp³-hybridized carbons (Fsp3) is 0.250.